The van der Waals surface area contributed by atoms with Crippen LogP contribution >= 0.6 is 0 Å². The number of amides is 2. The van der Waals surface area contributed by atoms with Gasteiger partial charge in [0.2, 0.25) is 0 Å². The Balaban J connectivity index is 1.43. The standard InChI is InChI=1S/C26H23N7O3/c1-2-3-20(34)33-18-8-11-26(33,12-9-18)25-30-21(22-23(27)28-13-14-32(22)25)16-4-6-17(7-5-16)24(35)29-19-10-15-36-31-19/h4-7,10,13-15,18H,8-9,11-12H2,1H3,(H2,27,28)(H,29,31,35). The van der Waals surface area contributed by atoms with Crippen LogP contribution in [0.25, 0.3) is 16.8 Å². The fraction of sp³-hybridized carbons (Fsp3) is 0.269. The lowest BCUT2D eigenvalue weighted by molar-refractivity contribution is -0.129. The molecule has 0 radical (unpaired) electrons. The highest BCUT2D eigenvalue weighted by Crippen LogP contribution is 2.53. The van der Waals surface area contributed by atoms with Gasteiger partial charge in [-0.1, -0.05) is 23.2 Å². The normalized spacial score (nSPS) is 20.4. The molecule has 0 aliphatic carbocycles. The maximum absolute atomic E-state index is 13.0. The first kappa shape index (κ1) is 21.9. The van der Waals surface area contributed by atoms with Gasteiger partial charge in [0.05, 0.1) is 0 Å². The Morgan fingerprint density at radius 3 is 2.67 bits per heavy atom. The monoisotopic (exact) mass is 481 g/mol. The molecule has 2 bridgehead atoms. The maximum atomic E-state index is 13.0. The number of fused-ring (bicyclic) bond motifs is 3. The summed E-state index contributed by atoms with van der Waals surface area (Å²) in [5.41, 5.74) is 8.36. The van der Waals surface area contributed by atoms with Crippen molar-refractivity contribution in [3.63, 3.8) is 0 Å². The van der Waals surface area contributed by atoms with Gasteiger partial charge in [-0.15, -0.1) is 0 Å². The van der Waals surface area contributed by atoms with Crippen LogP contribution in [0, 0.1) is 11.8 Å². The number of benzene rings is 1. The van der Waals surface area contributed by atoms with E-state index in [4.69, 9.17) is 15.2 Å². The summed E-state index contributed by atoms with van der Waals surface area (Å²) in [6.45, 7) is 1.67. The quantitative estimate of drug-likeness (QED) is 0.428. The lowest BCUT2D eigenvalue weighted by Gasteiger charge is -2.32. The van der Waals surface area contributed by atoms with E-state index in [2.05, 4.69) is 27.3 Å². The summed E-state index contributed by atoms with van der Waals surface area (Å²) in [5.74, 6) is 6.45. The Labute approximate surface area is 206 Å². The number of imidazole rings is 1. The van der Waals surface area contributed by atoms with E-state index in [1.165, 1.54) is 6.26 Å². The molecule has 0 spiro atoms. The summed E-state index contributed by atoms with van der Waals surface area (Å²) in [6.07, 6.45) is 8.33. The van der Waals surface area contributed by atoms with Crippen LogP contribution in [0.1, 0.15) is 48.8 Å². The Hall–Kier alpha value is -4.65. The summed E-state index contributed by atoms with van der Waals surface area (Å²) in [5, 5.41) is 6.38. The molecule has 5 heterocycles. The van der Waals surface area contributed by atoms with E-state index in [-0.39, 0.29) is 17.9 Å². The Kier molecular flexibility index (Phi) is 5.00. The zero-order valence-corrected chi connectivity index (χ0v) is 19.6. The van der Waals surface area contributed by atoms with Crippen molar-refractivity contribution in [1.82, 2.24) is 24.4 Å². The van der Waals surface area contributed by atoms with Crippen molar-refractivity contribution in [2.45, 2.75) is 44.2 Å². The van der Waals surface area contributed by atoms with Crippen molar-refractivity contribution in [1.29, 1.82) is 0 Å². The number of nitrogens with one attached hydrogen (secondary N) is 1. The number of hydrogen-bond acceptors (Lipinski definition) is 7. The number of anilines is 2. The molecule has 2 aliphatic heterocycles. The molecule has 3 aromatic heterocycles. The molecule has 2 fully saturated rings. The van der Waals surface area contributed by atoms with Gasteiger partial charge in [0.25, 0.3) is 11.8 Å². The molecule has 10 nitrogen and oxygen atoms in total. The second-order valence-corrected chi connectivity index (χ2v) is 9.04. The van der Waals surface area contributed by atoms with Gasteiger partial charge in [0.1, 0.15) is 34.7 Å². The highest BCUT2D eigenvalue weighted by atomic mass is 16.5. The zero-order chi connectivity index (χ0) is 24.9. The molecular weight excluding hydrogens is 458 g/mol. The number of aromatic nitrogens is 4. The minimum absolute atomic E-state index is 0.163. The lowest BCUT2D eigenvalue weighted by atomic mass is 9.87. The van der Waals surface area contributed by atoms with Gasteiger partial charge < -0.3 is 20.5 Å². The van der Waals surface area contributed by atoms with Crippen molar-refractivity contribution in [2.24, 2.45) is 0 Å². The third-order valence-corrected chi connectivity index (χ3v) is 7.16. The number of nitrogens with zero attached hydrogens (tertiary/aromatic N) is 5. The van der Waals surface area contributed by atoms with E-state index < -0.39 is 5.54 Å². The molecule has 3 N–H and O–H groups in total. The highest BCUT2D eigenvalue weighted by molar-refractivity contribution is 6.04. The first-order chi connectivity index (χ1) is 17.5. The van der Waals surface area contributed by atoms with Crippen molar-refractivity contribution in [2.75, 3.05) is 11.1 Å². The molecule has 0 saturated carbocycles. The Morgan fingerprint density at radius 1 is 1.19 bits per heavy atom. The average Bonchev–Trinajstić information content (AvgIpc) is 3.67. The molecule has 2 aliphatic rings. The smallest absolute Gasteiger partial charge is 0.299 e. The molecule has 36 heavy (non-hydrogen) atoms. The van der Waals surface area contributed by atoms with E-state index in [9.17, 15) is 9.59 Å². The molecule has 0 atom stereocenters. The molecule has 4 aromatic rings. The number of carbonyl (C=O) groups excluding carboxylic acids is 2. The largest absolute Gasteiger partial charge is 0.382 e. The summed E-state index contributed by atoms with van der Waals surface area (Å²) >= 11 is 0. The topological polar surface area (TPSA) is 132 Å². The van der Waals surface area contributed by atoms with E-state index in [1.54, 1.807) is 31.3 Å². The van der Waals surface area contributed by atoms with Crippen molar-refractivity contribution >= 4 is 29.0 Å². The third-order valence-electron chi connectivity index (χ3n) is 7.16. The molecule has 10 heteroatoms. The van der Waals surface area contributed by atoms with Gasteiger partial charge >= 0.3 is 0 Å². The minimum atomic E-state index is -0.544. The van der Waals surface area contributed by atoms with Gasteiger partial charge in [-0.3, -0.25) is 14.0 Å². The van der Waals surface area contributed by atoms with E-state index in [0.717, 1.165) is 37.1 Å². The van der Waals surface area contributed by atoms with E-state index in [1.807, 2.05) is 27.6 Å². The second-order valence-electron chi connectivity index (χ2n) is 9.04. The average molecular weight is 482 g/mol. The van der Waals surface area contributed by atoms with Crippen LogP contribution < -0.4 is 11.1 Å². The first-order valence-corrected chi connectivity index (χ1v) is 11.7. The zero-order valence-electron chi connectivity index (χ0n) is 19.6. The lowest BCUT2D eigenvalue weighted by Crippen LogP contribution is -2.43. The number of hydrogen-bond donors (Lipinski definition) is 2. The van der Waals surface area contributed by atoms with E-state index in [0.29, 0.717) is 28.4 Å². The molecule has 6 rings (SSSR count). The number of nitrogens with two attached hydrogens (primary N) is 1. The maximum Gasteiger partial charge on any atom is 0.299 e. The summed E-state index contributed by atoms with van der Waals surface area (Å²) in [7, 11) is 0. The van der Waals surface area contributed by atoms with E-state index >= 15 is 0 Å². The van der Waals surface area contributed by atoms with Crippen LogP contribution in [0.4, 0.5) is 11.6 Å². The van der Waals surface area contributed by atoms with Gasteiger partial charge in [-0.2, -0.15) is 0 Å². The SMILES string of the molecule is CC#CC(=O)N1C2CCC1(c1nc(-c3ccc(C(=O)Nc4ccon4)cc3)c3c(N)nccn13)CC2. The summed E-state index contributed by atoms with van der Waals surface area (Å²) < 4.78 is 6.71. The fourth-order valence-electron chi connectivity index (χ4n) is 5.63. The van der Waals surface area contributed by atoms with Crippen LogP contribution in [0.5, 0.6) is 0 Å². The second kappa shape index (κ2) is 8.23. The highest BCUT2D eigenvalue weighted by Gasteiger charge is 2.57. The van der Waals surface area contributed by atoms with Crippen LogP contribution in [-0.2, 0) is 10.3 Å². The molecular formula is C26H23N7O3. The third kappa shape index (κ3) is 3.24. The molecule has 2 amide bonds. The van der Waals surface area contributed by atoms with Crippen LogP contribution in [-0.4, -0.2) is 42.3 Å². The summed E-state index contributed by atoms with van der Waals surface area (Å²) in [4.78, 5) is 36.9. The number of carbonyl (C=O) groups is 2. The predicted molar refractivity (Wildman–Crippen MR) is 132 cm³/mol. The summed E-state index contributed by atoms with van der Waals surface area (Å²) in [6, 6.07) is 8.81. The predicted octanol–water partition coefficient (Wildman–Crippen LogP) is 3.22. The van der Waals surface area contributed by atoms with Crippen molar-refractivity contribution in [3.8, 4) is 23.1 Å². The van der Waals surface area contributed by atoms with Gasteiger partial charge in [-0.25, -0.2) is 9.97 Å². The Morgan fingerprint density at radius 2 is 1.97 bits per heavy atom. The van der Waals surface area contributed by atoms with Gasteiger partial charge in [-0.05, 0) is 50.7 Å². The molecule has 0 unspecified atom stereocenters. The van der Waals surface area contributed by atoms with Crippen LogP contribution in [0.3, 0.4) is 0 Å². The molecule has 180 valence electrons. The minimum Gasteiger partial charge on any atom is -0.382 e. The molecule has 1 aromatic carbocycles. The Bertz CT molecular complexity index is 1540. The number of rotatable bonds is 4. The van der Waals surface area contributed by atoms with Crippen LogP contribution in [0.15, 0.2) is 53.5 Å². The van der Waals surface area contributed by atoms with Crippen molar-refractivity contribution < 1.29 is 14.1 Å². The van der Waals surface area contributed by atoms with Gasteiger partial charge in [0, 0.05) is 35.6 Å². The first-order valence-electron chi connectivity index (χ1n) is 11.7. The molecule has 2 saturated heterocycles. The fourth-order valence-corrected chi connectivity index (χ4v) is 5.63. The number of nitrogen functional groups attached to an aromatic ring is 1. The van der Waals surface area contributed by atoms with Gasteiger partial charge in [0.15, 0.2) is 5.82 Å². The van der Waals surface area contributed by atoms with Crippen molar-refractivity contribution in [3.05, 3.63) is 60.4 Å². The van der Waals surface area contributed by atoms with Crippen LogP contribution in [0.2, 0.25) is 0 Å².